The van der Waals surface area contributed by atoms with Crippen LogP contribution in [0.25, 0.3) is 10.9 Å². The van der Waals surface area contributed by atoms with Crippen LogP contribution in [-0.2, 0) is 17.6 Å². The van der Waals surface area contributed by atoms with Gasteiger partial charge in [0, 0.05) is 43.8 Å². The molecule has 0 aliphatic heterocycles. The SMILES string of the molecule is Cc1[nH]c2ccccc2c1CCNC(=NCC(=O)N(C)C)NCCc1ccccc1. The normalized spacial score (nSPS) is 11.5. The van der Waals surface area contributed by atoms with Crippen LogP contribution in [0.1, 0.15) is 16.8 Å². The van der Waals surface area contributed by atoms with Gasteiger partial charge in [-0.3, -0.25) is 4.79 Å². The summed E-state index contributed by atoms with van der Waals surface area (Å²) in [5.41, 5.74) is 4.93. The summed E-state index contributed by atoms with van der Waals surface area (Å²) in [7, 11) is 3.49. The van der Waals surface area contributed by atoms with E-state index in [0.717, 1.165) is 31.4 Å². The third-order valence-corrected chi connectivity index (χ3v) is 5.11. The minimum absolute atomic E-state index is 0.0216. The molecule has 0 radical (unpaired) electrons. The number of para-hydroxylation sites is 1. The van der Waals surface area contributed by atoms with Crippen molar-refractivity contribution in [3.63, 3.8) is 0 Å². The molecule has 6 nitrogen and oxygen atoms in total. The number of likely N-dealkylation sites (N-methyl/N-ethyl adjacent to an activating group) is 1. The monoisotopic (exact) mass is 405 g/mol. The van der Waals surface area contributed by atoms with Crippen molar-refractivity contribution in [2.45, 2.75) is 19.8 Å². The minimum atomic E-state index is -0.0216. The zero-order valence-corrected chi connectivity index (χ0v) is 18.0. The van der Waals surface area contributed by atoms with Gasteiger partial charge in [-0.05, 0) is 37.0 Å². The van der Waals surface area contributed by atoms with Crippen LogP contribution in [0.4, 0.5) is 0 Å². The van der Waals surface area contributed by atoms with Crippen LogP contribution in [0.3, 0.4) is 0 Å². The Hall–Kier alpha value is -3.28. The van der Waals surface area contributed by atoms with Crippen molar-refractivity contribution in [1.82, 2.24) is 20.5 Å². The summed E-state index contributed by atoms with van der Waals surface area (Å²) in [5, 5.41) is 8.00. The number of aromatic nitrogens is 1. The molecule has 0 saturated carbocycles. The third-order valence-electron chi connectivity index (χ3n) is 5.11. The van der Waals surface area contributed by atoms with E-state index in [2.05, 4.69) is 57.9 Å². The maximum absolute atomic E-state index is 12.0. The predicted octanol–water partition coefficient (Wildman–Crippen LogP) is 2.88. The number of guanidine groups is 1. The van der Waals surface area contributed by atoms with Crippen molar-refractivity contribution in [3.8, 4) is 0 Å². The second-order valence-electron chi connectivity index (χ2n) is 7.57. The molecule has 6 heteroatoms. The fourth-order valence-corrected chi connectivity index (χ4v) is 3.40. The lowest BCUT2D eigenvalue weighted by Gasteiger charge is -2.14. The van der Waals surface area contributed by atoms with E-state index in [1.54, 1.807) is 19.0 Å². The summed E-state index contributed by atoms with van der Waals surface area (Å²) >= 11 is 0. The lowest BCUT2D eigenvalue weighted by atomic mass is 10.1. The number of fused-ring (bicyclic) bond motifs is 1. The Morgan fingerprint density at radius 2 is 1.63 bits per heavy atom. The highest BCUT2D eigenvalue weighted by Crippen LogP contribution is 2.21. The molecule has 30 heavy (non-hydrogen) atoms. The molecule has 0 bridgehead atoms. The first-order valence-corrected chi connectivity index (χ1v) is 10.4. The van der Waals surface area contributed by atoms with Gasteiger partial charge in [0.2, 0.25) is 5.91 Å². The number of H-pyrrole nitrogens is 1. The lowest BCUT2D eigenvalue weighted by Crippen LogP contribution is -2.40. The van der Waals surface area contributed by atoms with E-state index in [-0.39, 0.29) is 12.5 Å². The first-order chi connectivity index (χ1) is 14.5. The number of benzene rings is 2. The van der Waals surface area contributed by atoms with Gasteiger partial charge in [0.15, 0.2) is 5.96 Å². The number of hydrogen-bond acceptors (Lipinski definition) is 2. The van der Waals surface area contributed by atoms with Gasteiger partial charge < -0.3 is 20.5 Å². The molecule has 3 aromatic rings. The summed E-state index contributed by atoms with van der Waals surface area (Å²) in [4.78, 5) is 21.4. The maximum atomic E-state index is 12.0. The Balaban J connectivity index is 1.60. The number of aromatic amines is 1. The van der Waals surface area contributed by atoms with Crippen molar-refractivity contribution in [3.05, 3.63) is 71.4 Å². The number of rotatable bonds is 8. The average Bonchev–Trinajstić information content (AvgIpc) is 3.07. The lowest BCUT2D eigenvalue weighted by molar-refractivity contribution is -0.127. The van der Waals surface area contributed by atoms with Gasteiger partial charge in [0.1, 0.15) is 6.54 Å². The number of aryl methyl sites for hydroxylation is 1. The standard InChI is InChI=1S/C24H31N5O/c1-18-20(21-11-7-8-12-22(21)28-18)14-16-26-24(27-17-23(30)29(2)3)25-15-13-19-9-5-4-6-10-19/h4-12,28H,13-17H2,1-3H3,(H2,25,26,27). The van der Waals surface area contributed by atoms with Crippen LogP contribution in [0.2, 0.25) is 0 Å². The first-order valence-electron chi connectivity index (χ1n) is 10.4. The number of nitrogens with zero attached hydrogens (tertiary/aromatic N) is 2. The van der Waals surface area contributed by atoms with Crippen LogP contribution in [0, 0.1) is 6.92 Å². The molecule has 0 unspecified atom stereocenters. The van der Waals surface area contributed by atoms with Gasteiger partial charge in [-0.2, -0.15) is 0 Å². The molecular weight excluding hydrogens is 374 g/mol. The smallest absolute Gasteiger partial charge is 0.243 e. The number of carbonyl (C=O) groups is 1. The van der Waals surface area contributed by atoms with Crippen LogP contribution < -0.4 is 10.6 Å². The molecule has 158 valence electrons. The Morgan fingerprint density at radius 1 is 0.967 bits per heavy atom. The molecule has 0 aliphatic carbocycles. The van der Waals surface area contributed by atoms with E-state index in [4.69, 9.17) is 0 Å². The van der Waals surface area contributed by atoms with Crippen LogP contribution >= 0.6 is 0 Å². The van der Waals surface area contributed by atoms with Gasteiger partial charge in [0.05, 0.1) is 0 Å². The number of nitrogens with one attached hydrogen (secondary N) is 3. The highest BCUT2D eigenvalue weighted by Gasteiger charge is 2.09. The quantitative estimate of drug-likeness (QED) is 0.399. The van der Waals surface area contributed by atoms with Gasteiger partial charge in [0.25, 0.3) is 0 Å². The molecule has 3 rings (SSSR count). The molecule has 1 aromatic heterocycles. The van der Waals surface area contributed by atoms with Gasteiger partial charge in [-0.25, -0.2) is 4.99 Å². The maximum Gasteiger partial charge on any atom is 0.243 e. The zero-order chi connectivity index (χ0) is 21.3. The first kappa shape index (κ1) is 21.4. The summed E-state index contributed by atoms with van der Waals surface area (Å²) in [5.74, 6) is 0.644. The molecule has 1 amide bonds. The summed E-state index contributed by atoms with van der Waals surface area (Å²) in [6.07, 6.45) is 1.77. The molecule has 0 fully saturated rings. The number of hydrogen-bond donors (Lipinski definition) is 3. The Labute approximate surface area is 178 Å². The molecular formula is C24H31N5O. The topological polar surface area (TPSA) is 72.5 Å². The predicted molar refractivity (Wildman–Crippen MR) is 124 cm³/mol. The summed E-state index contributed by atoms with van der Waals surface area (Å²) in [6.45, 7) is 3.71. The second-order valence-corrected chi connectivity index (χ2v) is 7.57. The Morgan fingerprint density at radius 3 is 2.37 bits per heavy atom. The average molecular weight is 406 g/mol. The highest BCUT2D eigenvalue weighted by molar-refractivity contribution is 5.86. The van der Waals surface area contributed by atoms with E-state index in [0.29, 0.717) is 5.96 Å². The van der Waals surface area contributed by atoms with E-state index in [1.807, 2.05) is 24.3 Å². The van der Waals surface area contributed by atoms with Crippen molar-refractivity contribution < 1.29 is 4.79 Å². The summed E-state index contributed by atoms with van der Waals surface area (Å²) in [6, 6.07) is 18.7. The van der Waals surface area contributed by atoms with E-state index in [1.165, 1.54) is 22.2 Å². The number of carbonyl (C=O) groups excluding carboxylic acids is 1. The fraction of sp³-hybridized carbons (Fsp3) is 0.333. The molecule has 1 heterocycles. The van der Waals surface area contributed by atoms with Crippen LogP contribution in [0.15, 0.2) is 59.6 Å². The van der Waals surface area contributed by atoms with Gasteiger partial charge in [-0.1, -0.05) is 48.5 Å². The fourth-order valence-electron chi connectivity index (χ4n) is 3.40. The van der Waals surface area contributed by atoms with Crippen molar-refractivity contribution >= 4 is 22.8 Å². The molecule has 0 atom stereocenters. The highest BCUT2D eigenvalue weighted by atomic mass is 16.2. The van der Waals surface area contributed by atoms with E-state index >= 15 is 0 Å². The Bertz CT molecular complexity index is 991. The van der Waals surface area contributed by atoms with Crippen molar-refractivity contribution in [1.29, 1.82) is 0 Å². The number of amides is 1. The largest absolute Gasteiger partial charge is 0.358 e. The third kappa shape index (κ3) is 5.86. The summed E-state index contributed by atoms with van der Waals surface area (Å²) < 4.78 is 0. The molecule has 0 spiro atoms. The second kappa shape index (κ2) is 10.5. The Kier molecular flexibility index (Phi) is 7.49. The molecule has 0 aliphatic rings. The molecule has 3 N–H and O–H groups in total. The van der Waals surface area contributed by atoms with E-state index in [9.17, 15) is 4.79 Å². The minimum Gasteiger partial charge on any atom is -0.358 e. The zero-order valence-electron chi connectivity index (χ0n) is 18.0. The van der Waals surface area contributed by atoms with E-state index < -0.39 is 0 Å². The van der Waals surface area contributed by atoms with Gasteiger partial charge >= 0.3 is 0 Å². The number of aliphatic imine (C=N–C) groups is 1. The van der Waals surface area contributed by atoms with Crippen molar-refractivity contribution in [2.24, 2.45) is 4.99 Å². The van der Waals surface area contributed by atoms with Gasteiger partial charge in [-0.15, -0.1) is 0 Å². The van der Waals surface area contributed by atoms with Crippen molar-refractivity contribution in [2.75, 3.05) is 33.7 Å². The molecule has 2 aromatic carbocycles. The molecule has 0 saturated heterocycles. The van der Waals surface area contributed by atoms with Crippen LogP contribution in [0.5, 0.6) is 0 Å². The van der Waals surface area contributed by atoms with Crippen LogP contribution in [-0.4, -0.2) is 55.5 Å².